The van der Waals surface area contributed by atoms with E-state index in [9.17, 15) is 9.18 Å². The molecule has 0 unspecified atom stereocenters. The molecule has 178 valence electrons. The first-order valence-corrected chi connectivity index (χ1v) is 12.3. The Hall–Kier alpha value is -2.60. The Morgan fingerprint density at radius 1 is 1.03 bits per heavy atom. The molecule has 2 amide bonds. The molecule has 1 saturated carbocycles. The van der Waals surface area contributed by atoms with Crippen LogP contribution in [0.2, 0.25) is 0 Å². The molecule has 5 nitrogen and oxygen atoms in total. The van der Waals surface area contributed by atoms with Gasteiger partial charge in [0.1, 0.15) is 11.6 Å². The van der Waals surface area contributed by atoms with Crippen molar-refractivity contribution in [3.63, 3.8) is 0 Å². The van der Waals surface area contributed by atoms with Crippen molar-refractivity contribution < 1.29 is 13.9 Å². The highest BCUT2D eigenvalue weighted by Gasteiger charge is 2.30. The lowest BCUT2D eigenvalue weighted by Crippen LogP contribution is -2.49. The zero-order chi connectivity index (χ0) is 23.0. The minimum absolute atomic E-state index is 0.134. The second-order valence-electron chi connectivity index (χ2n) is 9.58. The maximum absolute atomic E-state index is 13.2. The summed E-state index contributed by atoms with van der Waals surface area (Å²) < 4.78 is 18.4. The monoisotopic (exact) mass is 453 g/mol. The summed E-state index contributed by atoms with van der Waals surface area (Å²) in [5.41, 5.74) is 1.98. The van der Waals surface area contributed by atoms with Gasteiger partial charge in [0.25, 0.3) is 0 Å². The third kappa shape index (κ3) is 6.94. The quantitative estimate of drug-likeness (QED) is 0.585. The van der Waals surface area contributed by atoms with E-state index >= 15 is 0 Å². The number of likely N-dealkylation sites (tertiary alicyclic amines) is 1. The van der Waals surface area contributed by atoms with Crippen molar-refractivity contribution in [2.75, 3.05) is 32.1 Å². The summed E-state index contributed by atoms with van der Waals surface area (Å²) in [5.74, 6) is 1.69. The van der Waals surface area contributed by atoms with Crippen molar-refractivity contribution in [3.8, 4) is 5.75 Å². The van der Waals surface area contributed by atoms with Gasteiger partial charge in [0, 0.05) is 24.8 Å². The summed E-state index contributed by atoms with van der Waals surface area (Å²) in [7, 11) is 1.63. The molecule has 2 fully saturated rings. The van der Waals surface area contributed by atoms with E-state index in [1.165, 1.54) is 24.8 Å². The Kier molecular flexibility index (Phi) is 8.21. The molecule has 33 heavy (non-hydrogen) atoms. The van der Waals surface area contributed by atoms with Gasteiger partial charge in [0.05, 0.1) is 7.11 Å². The normalized spacial score (nSPS) is 23.6. The predicted molar refractivity (Wildman–Crippen MR) is 130 cm³/mol. The number of piperidine rings is 1. The van der Waals surface area contributed by atoms with Gasteiger partial charge in [-0.15, -0.1) is 0 Å². The molecule has 4 rings (SSSR count). The van der Waals surface area contributed by atoms with Gasteiger partial charge in [0.15, 0.2) is 0 Å². The van der Waals surface area contributed by atoms with Crippen molar-refractivity contribution >= 4 is 11.7 Å². The van der Waals surface area contributed by atoms with Crippen LogP contribution in [0.15, 0.2) is 48.5 Å². The van der Waals surface area contributed by atoms with E-state index in [0.717, 1.165) is 56.8 Å². The number of nitrogens with zero attached hydrogens (tertiary/aromatic N) is 1. The lowest BCUT2D eigenvalue weighted by Gasteiger charge is -2.39. The van der Waals surface area contributed by atoms with Crippen LogP contribution in [0.25, 0.3) is 0 Å². The number of anilines is 1. The molecule has 1 heterocycles. The third-order valence-corrected chi connectivity index (χ3v) is 7.11. The molecule has 1 saturated heterocycles. The van der Waals surface area contributed by atoms with Crippen LogP contribution < -0.4 is 15.4 Å². The van der Waals surface area contributed by atoms with Crippen LogP contribution >= 0.6 is 0 Å². The van der Waals surface area contributed by atoms with Gasteiger partial charge in [-0.05, 0) is 92.4 Å². The highest BCUT2D eigenvalue weighted by atomic mass is 19.1. The fraction of sp³-hybridized carbons (Fsp3) is 0.519. The van der Waals surface area contributed by atoms with E-state index < -0.39 is 0 Å². The van der Waals surface area contributed by atoms with Gasteiger partial charge in [0.2, 0.25) is 0 Å². The first-order chi connectivity index (χ1) is 16.1. The summed E-state index contributed by atoms with van der Waals surface area (Å²) in [5, 5.41) is 6.21. The number of nitrogens with one attached hydrogen (secondary N) is 2. The smallest absolute Gasteiger partial charge is 0.319 e. The van der Waals surface area contributed by atoms with Crippen LogP contribution in [0, 0.1) is 17.7 Å². The summed E-state index contributed by atoms with van der Waals surface area (Å²) in [6.45, 7) is 3.24. The third-order valence-electron chi connectivity index (χ3n) is 7.11. The van der Waals surface area contributed by atoms with Crippen LogP contribution in [0.3, 0.4) is 0 Å². The number of rotatable bonds is 7. The van der Waals surface area contributed by atoms with Crippen molar-refractivity contribution in [2.45, 2.75) is 51.0 Å². The number of ether oxygens (including phenoxy) is 1. The molecule has 2 aromatic rings. The molecule has 3 atom stereocenters. The number of hydrogen-bond donors (Lipinski definition) is 2. The first-order valence-electron chi connectivity index (χ1n) is 12.3. The standard InChI is InChI=1S/C27H36FN3O2/c1-33-25-14-12-24(13-15-25)29-27(32)30-26-7-3-2-6-22(26)19-31-16-4-5-21(18-31)17-20-8-10-23(28)11-9-20/h8-15,21-22,26H,2-7,16-19H2,1H3,(H2,29,30,32)/t21-,22-,26+/m0/s1. The van der Waals surface area contributed by atoms with Gasteiger partial charge < -0.3 is 20.3 Å². The molecular weight excluding hydrogens is 417 g/mol. The van der Waals surface area contributed by atoms with Gasteiger partial charge in [-0.1, -0.05) is 25.0 Å². The molecule has 6 heteroatoms. The van der Waals surface area contributed by atoms with E-state index in [1.807, 2.05) is 36.4 Å². The average Bonchev–Trinajstić information content (AvgIpc) is 2.83. The van der Waals surface area contributed by atoms with E-state index in [0.29, 0.717) is 11.8 Å². The summed E-state index contributed by atoms with van der Waals surface area (Å²) in [6, 6.07) is 14.4. The Labute approximate surface area is 196 Å². The summed E-state index contributed by atoms with van der Waals surface area (Å²) in [4.78, 5) is 15.2. The lowest BCUT2D eigenvalue weighted by atomic mass is 9.83. The van der Waals surface area contributed by atoms with Gasteiger partial charge in [-0.25, -0.2) is 9.18 Å². The Bertz CT molecular complexity index is 887. The van der Waals surface area contributed by atoms with Crippen LogP contribution in [-0.4, -0.2) is 43.7 Å². The number of halogens is 1. The SMILES string of the molecule is COc1ccc(NC(=O)N[C@@H]2CCCC[C@H]2CN2CCC[C@@H](Cc3ccc(F)cc3)C2)cc1. The maximum Gasteiger partial charge on any atom is 0.319 e. The van der Waals surface area contributed by atoms with E-state index in [1.54, 1.807) is 19.2 Å². The minimum atomic E-state index is -0.170. The molecule has 1 aliphatic heterocycles. The average molecular weight is 454 g/mol. The van der Waals surface area contributed by atoms with Crippen molar-refractivity contribution in [2.24, 2.45) is 11.8 Å². The van der Waals surface area contributed by atoms with Gasteiger partial charge in [-0.3, -0.25) is 0 Å². The fourth-order valence-electron chi connectivity index (χ4n) is 5.40. The molecule has 2 N–H and O–H groups in total. The van der Waals surface area contributed by atoms with Gasteiger partial charge in [-0.2, -0.15) is 0 Å². The molecule has 1 aliphatic carbocycles. The molecule has 2 aliphatic rings. The molecule has 0 radical (unpaired) electrons. The molecule has 2 aromatic carbocycles. The number of carbonyl (C=O) groups excluding carboxylic acids is 1. The van der Waals surface area contributed by atoms with Crippen LogP contribution in [0.5, 0.6) is 5.75 Å². The highest BCUT2D eigenvalue weighted by molar-refractivity contribution is 5.89. The predicted octanol–water partition coefficient (Wildman–Crippen LogP) is 5.47. The molecule has 0 spiro atoms. The fourth-order valence-corrected chi connectivity index (χ4v) is 5.40. The zero-order valence-electron chi connectivity index (χ0n) is 19.6. The van der Waals surface area contributed by atoms with E-state index in [2.05, 4.69) is 15.5 Å². The topological polar surface area (TPSA) is 53.6 Å². The Balaban J connectivity index is 1.29. The number of urea groups is 1. The van der Waals surface area contributed by atoms with Crippen LogP contribution in [0.4, 0.5) is 14.9 Å². The number of hydrogen-bond acceptors (Lipinski definition) is 3. The lowest BCUT2D eigenvalue weighted by molar-refractivity contribution is 0.123. The second kappa shape index (κ2) is 11.5. The van der Waals surface area contributed by atoms with Crippen molar-refractivity contribution in [3.05, 3.63) is 59.9 Å². The Morgan fingerprint density at radius 3 is 2.55 bits per heavy atom. The van der Waals surface area contributed by atoms with Crippen LogP contribution in [0.1, 0.15) is 44.1 Å². The molecular formula is C27H36FN3O2. The number of benzene rings is 2. The first kappa shape index (κ1) is 23.6. The van der Waals surface area contributed by atoms with Crippen LogP contribution in [-0.2, 0) is 6.42 Å². The minimum Gasteiger partial charge on any atom is -0.497 e. The highest BCUT2D eigenvalue weighted by Crippen LogP contribution is 2.28. The summed E-state index contributed by atoms with van der Waals surface area (Å²) in [6.07, 6.45) is 8.03. The zero-order valence-corrected chi connectivity index (χ0v) is 19.6. The largest absolute Gasteiger partial charge is 0.497 e. The number of carbonyl (C=O) groups is 1. The summed E-state index contributed by atoms with van der Waals surface area (Å²) >= 11 is 0. The number of amides is 2. The molecule has 0 aromatic heterocycles. The Morgan fingerprint density at radius 2 is 1.79 bits per heavy atom. The second-order valence-corrected chi connectivity index (χ2v) is 9.58. The van der Waals surface area contributed by atoms with Gasteiger partial charge >= 0.3 is 6.03 Å². The number of methoxy groups -OCH3 is 1. The maximum atomic E-state index is 13.2. The van der Waals surface area contributed by atoms with Crippen molar-refractivity contribution in [1.82, 2.24) is 10.2 Å². The molecule has 0 bridgehead atoms. The van der Waals surface area contributed by atoms with E-state index in [-0.39, 0.29) is 17.9 Å². The van der Waals surface area contributed by atoms with E-state index in [4.69, 9.17) is 4.74 Å². The van der Waals surface area contributed by atoms with Crippen molar-refractivity contribution in [1.29, 1.82) is 0 Å².